The molecule has 0 unspecified atom stereocenters. The lowest BCUT2D eigenvalue weighted by atomic mass is 9.74. The maximum Gasteiger partial charge on any atom is -0.000708 e. The van der Waals surface area contributed by atoms with Crippen molar-refractivity contribution in [3.63, 3.8) is 0 Å². The van der Waals surface area contributed by atoms with Gasteiger partial charge in [-0.25, -0.2) is 0 Å². The Morgan fingerprint density at radius 3 is 2.11 bits per heavy atom. The highest BCUT2D eigenvalue weighted by molar-refractivity contribution is 5.89. The van der Waals surface area contributed by atoms with Gasteiger partial charge in [0.2, 0.25) is 0 Å². The van der Waals surface area contributed by atoms with E-state index in [1.54, 1.807) is 11.1 Å². The summed E-state index contributed by atoms with van der Waals surface area (Å²) < 4.78 is 0. The summed E-state index contributed by atoms with van der Waals surface area (Å²) in [4.78, 5) is 0. The van der Waals surface area contributed by atoms with Crippen LogP contribution >= 0.6 is 0 Å². The monoisotopic (exact) mass is 370 g/mol. The van der Waals surface area contributed by atoms with E-state index < -0.39 is 0 Å². The van der Waals surface area contributed by atoms with E-state index in [1.807, 2.05) is 0 Å². The highest BCUT2D eigenvalue weighted by Gasteiger charge is 2.33. The molecule has 2 aliphatic rings. The Balaban J connectivity index is 2.02. The molecule has 28 heavy (non-hydrogen) atoms. The molecular formula is C28H34. The van der Waals surface area contributed by atoms with Gasteiger partial charge in [-0.3, -0.25) is 0 Å². The van der Waals surface area contributed by atoms with Gasteiger partial charge in [0.15, 0.2) is 0 Å². The molecule has 0 saturated carbocycles. The molecule has 4 rings (SSSR count). The lowest BCUT2D eigenvalue weighted by Gasteiger charge is -2.30. The number of hydrogen-bond donors (Lipinski definition) is 0. The second-order valence-electron chi connectivity index (χ2n) is 10.7. The van der Waals surface area contributed by atoms with Crippen molar-refractivity contribution in [3.8, 4) is 11.1 Å². The minimum absolute atomic E-state index is 0.133. The first-order valence-corrected chi connectivity index (χ1v) is 10.7. The Bertz CT molecular complexity index is 1030. The maximum atomic E-state index is 2.46. The Labute approximate surface area is 171 Å². The van der Waals surface area contributed by atoms with E-state index >= 15 is 0 Å². The van der Waals surface area contributed by atoms with Gasteiger partial charge in [0, 0.05) is 0 Å². The zero-order valence-corrected chi connectivity index (χ0v) is 18.9. The standard InChI is InChI=1S/C28H34/c1-17-18(2)26(28(6,7)8)25(19-11-9-10-12-19)23-16-20-15-21(27(3,4)5)13-14-22(20)24(17)23/h9-11,13-15H,12,16H2,1-8H3. The normalized spacial score (nSPS) is 15.6. The number of hydrogen-bond acceptors (Lipinski definition) is 0. The van der Waals surface area contributed by atoms with Crippen molar-refractivity contribution < 1.29 is 0 Å². The third-order valence-corrected chi connectivity index (χ3v) is 6.62. The van der Waals surface area contributed by atoms with E-state index in [1.165, 1.54) is 44.5 Å². The van der Waals surface area contributed by atoms with Crippen LogP contribution in [-0.2, 0) is 17.3 Å². The third kappa shape index (κ3) is 2.89. The van der Waals surface area contributed by atoms with Crippen LogP contribution in [0.5, 0.6) is 0 Å². The molecule has 0 heterocycles. The van der Waals surface area contributed by atoms with Crippen LogP contribution in [0.3, 0.4) is 0 Å². The van der Waals surface area contributed by atoms with Crippen molar-refractivity contribution in [2.75, 3.05) is 0 Å². The topological polar surface area (TPSA) is 0 Å². The number of benzene rings is 2. The van der Waals surface area contributed by atoms with Gasteiger partial charge >= 0.3 is 0 Å². The van der Waals surface area contributed by atoms with Crippen molar-refractivity contribution in [1.29, 1.82) is 0 Å². The average Bonchev–Trinajstić information content (AvgIpc) is 3.22. The Kier molecular flexibility index (Phi) is 4.27. The van der Waals surface area contributed by atoms with Crippen molar-refractivity contribution in [1.82, 2.24) is 0 Å². The molecule has 0 radical (unpaired) electrons. The molecule has 0 nitrogen and oxygen atoms in total. The van der Waals surface area contributed by atoms with Gasteiger partial charge in [-0.15, -0.1) is 0 Å². The van der Waals surface area contributed by atoms with Crippen LogP contribution in [0.25, 0.3) is 16.7 Å². The summed E-state index contributed by atoms with van der Waals surface area (Å²) in [7, 11) is 0. The van der Waals surface area contributed by atoms with Crippen LogP contribution in [-0.4, -0.2) is 0 Å². The van der Waals surface area contributed by atoms with Crippen molar-refractivity contribution in [2.24, 2.45) is 0 Å². The van der Waals surface area contributed by atoms with Crippen LogP contribution in [0, 0.1) is 13.8 Å². The fourth-order valence-electron chi connectivity index (χ4n) is 5.17. The molecule has 146 valence electrons. The first-order chi connectivity index (χ1) is 13.0. The highest BCUT2D eigenvalue weighted by Crippen LogP contribution is 2.49. The van der Waals surface area contributed by atoms with E-state index in [4.69, 9.17) is 0 Å². The van der Waals surface area contributed by atoms with Gasteiger partial charge in [0.05, 0.1) is 0 Å². The molecule has 0 aromatic heterocycles. The smallest absolute Gasteiger partial charge is 0.000708 e. The first kappa shape index (κ1) is 19.2. The molecule has 0 atom stereocenters. The summed E-state index contributed by atoms with van der Waals surface area (Å²) in [6.45, 7) is 18.7. The maximum absolute atomic E-state index is 2.46. The van der Waals surface area contributed by atoms with E-state index in [2.05, 4.69) is 91.8 Å². The quantitative estimate of drug-likeness (QED) is 0.409. The molecule has 0 saturated heterocycles. The number of fused-ring (bicyclic) bond motifs is 3. The molecule has 0 heteroatoms. The molecule has 2 aromatic carbocycles. The van der Waals surface area contributed by atoms with Gasteiger partial charge in [-0.2, -0.15) is 0 Å². The Hall–Kier alpha value is -2.08. The summed E-state index contributed by atoms with van der Waals surface area (Å²) in [5.41, 5.74) is 15.3. The highest BCUT2D eigenvalue weighted by atomic mass is 14.4. The number of allylic oxidation sites excluding steroid dienone is 4. The second kappa shape index (κ2) is 6.21. The molecule has 0 N–H and O–H groups in total. The minimum atomic E-state index is 0.133. The molecule has 0 amide bonds. The van der Waals surface area contributed by atoms with Gasteiger partial charge in [0.1, 0.15) is 0 Å². The summed E-state index contributed by atoms with van der Waals surface area (Å²) in [6, 6.07) is 7.19. The SMILES string of the molecule is Cc1c(C)c(C(C)(C)C)c(C2=CC=CC2)c2c1-c1ccc(C(C)(C)C)cc1C2. The van der Waals surface area contributed by atoms with Crippen LogP contribution in [0.1, 0.15) is 86.9 Å². The molecule has 0 aliphatic heterocycles. The summed E-state index contributed by atoms with van der Waals surface area (Å²) >= 11 is 0. The van der Waals surface area contributed by atoms with Gasteiger partial charge in [-0.05, 0) is 93.2 Å². The third-order valence-electron chi connectivity index (χ3n) is 6.62. The summed E-state index contributed by atoms with van der Waals surface area (Å²) in [5, 5.41) is 0. The van der Waals surface area contributed by atoms with Crippen LogP contribution in [0.2, 0.25) is 0 Å². The summed E-state index contributed by atoms with van der Waals surface area (Å²) in [5.74, 6) is 0. The molecular weight excluding hydrogens is 336 g/mol. The Morgan fingerprint density at radius 2 is 1.54 bits per heavy atom. The van der Waals surface area contributed by atoms with Crippen molar-refractivity contribution in [3.05, 3.63) is 75.4 Å². The molecule has 2 aliphatic carbocycles. The van der Waals surface area contributed by atoms with E-state index in [9.17, 15) is 0 Å². The minimum Gasteiger partial charge on any atom is -0.0801 e. The largest absolute Gasteiger partial charge is 0.0801 e. The van der Waals surface area contributed by atoms with Crippen LogP contribution in [0.15, 0.2) is 36.4 Å². The van der Waals surface area contributed by atoms with Crippen LogP contribution in [0.4, 0.5) is 0 Å². The van der Waals surface area contributed by atoms with Gasteiger partial charge in [0.25, 0.3) is 0 Å². The predicted octanol–water partition coefficient (Wildman–Crippen LogP) is 7.81. The van der Waals surface area contributed by atoms with E-state index in [0.717, 1.165) is 12.8 Å². The van der Waals surface area contributed by atoms with Crippen LogP contribution < -0.4 is 0 Å². The molecule has 0 fully saturated rings. The van der Waals surface area contributed by atoms with Crippen molar-refractivity contribution in [2.45, 2.75) is 79.1 Å². The number of rotatable bonds is 1. The van der Waals surface area contributed by atoms with Gasteiger partial charge < -0.3 is 0 Å². The zero-order chi connectivity index (χ0) is 20.4. The molecule has 0 bridgehead atoms. The molecule has 2 aromatic rings. The molecule has 0 spiro atoms. The zero-order valence-electron chi connectivity index (χ0n) is 18.9. The lowest BCUT2D eigenvalue weighted by molar-refractivity contribution is 0.583. The lowest BCUT2D eigenvalue weighted by Crippen LogP contribution is -2.18. The van der Waals surface area contributed by atoms with Gasteiger partial charge in [-0.1, -0.05) is 78.0 Å². The summed E-state index contributed by atoms with van der Waals surface area (Å²) in [6.07, 6.45) is 8.97. The average molecular weight is 371 g/mol. The van der Waals surface area contributed by atoms with Crippen molar-refractivity contribution >= 4 is 5.57 Å². The Morgan fingerprint density at radius 1 is 0.821 bits per heavy atom. The fourth-order valence-corrected chi connectivity index (χ4v) is 5.17. The van der Waals surface area contributed by atoms with E-state index in [-0.39, 0.29) is 10.8 Å². The fraction of sp³-hybridized carbons (Fsp3) is 0.429. The second-order valence-corrected chi connectivity index (χ2v) is 10.7. The predicted molar refractivity (Wildman–Crippen MR) is 123 cm³/mol. The first-order valence-electron chi connectivity index (χ1n) is 10.7. The van der Waals surface area contributed by atoms with E-state index in [0.29, 0.717) is 0 Å².